The van der Waals surface area contributed by atoms with Gasteiger partial charge in [-0.15, -0.1) is 0 Å². The highest BCUT2D eigenvalue weighted by Gasteiger charge is 2.27. The third-order valence-corrected chi connectivity index (χ3v) is 2.13. The second kappa shape index (κ2) is 7.63. The Kier molecular flexibility index (Phi) is 6.16. The first-order chi connectivity index (χ1) is 9.78. The van der Waals surface area contributed by atoms with Gasteiger partial charge in [-0.1, -0.05) is 0 Å². The lowest BCUT2D eigenvalue weighted by Crippen LogP contribution is -2.19. The van der Waals surface area contributed by atoms with Crippen LogP contribution in [0.4, 0.5) is 17.6 Å². The van der Waals surface area contributed by atoms with Crippen LogP contribution in [0.1, 0.15) is 5.56 Å². The fourth-order valence-corrected chi connectivity index (χ4v) is 1.34. The van der Waals surface area contributed by atoms with Gasteiger partial charge >= 0.3 is 12.1 Å². The summed E-state index contributed by atoms with van der Waals surface area (Å²) in [5.74, 6) is -1.68. The van der Waals surface area contributed by atoms with Gasteiger partial charge < -0.3 is 14.6 Å². The molecule has 1 N–H and O–H groups in total. The molecule has 21 heavy (non-hydrogen) atoms. The molecule has 0 bridgehead atoms. The van der Waals surface area contributed by atoms with E-state index in [4.69, 9.17) is 9.84 Å². The standard InChI is InChI=1S/C13H12F4O4/c14-10-2-3-11(9(7-10)1-4-12(18)19)21-6-5-20-8-13(15,16)17/h1-4,7H,5-6,8H2,(H,18,19)/b4-1+. The van der Waals surface area contributed by atoms with Crippen LogP contribution in [0.3, 0.4) is 0 Å². The van der Waals surface area contributed by atoms with Crippen LogP contribution in [-0.4, -0.2) is 37.1 Å². The summed E-state index contributed by atoms with van der Waals surface area (Å²) in [7, 11) is 0. The Morgan fingerprint density at radius 3 is 2.62 bits per heavy atom. The number of alkyl halides is 3. The molecule has 8 heteroatoms. The number of carboxylic acid groups (broad SMARTS) is 1. The zero-order chi connectivity index (χ0) is 15.9. The summed E-state index contributed by atoms with van der Waals surface area (Å²) < 4.78 is 58.0. The smallest absolute Gasteiger partial charge is 0.411 e. The minimum absolute atomic E-state index is 0.143. The summed E-state index contributed by atoms with van der Waals surface area (Å²) in [5.41, 5.74) is 0.160. The van der Waals surface area contributed by atoms with E-state index in [2.05, 4.69) is 4.74 Å². The van der Waals surface area contributed by atoms with Gasteiger partial charge in [0.2, 0.25) is 0 Å². The van der Waals surface area contributed by atoms with E-state index in [-0.39, 0.29) is 24.5 Å². The Labute approximate surface area is 117 Å². The van der Waals surface area contributed by atoms with Crippen molar-refractivity contribution in [1.82, 2.24) is 0 Å². The lowest BCUT2D eigenvalue weighted by molar-refractivity contribution is -0.175. The molecule has 0 aliphatic rings. The second-order valence-electron chi connectivity index (χ2n) is 3.87. The number of carboxylic acids is 1. The summed E-state index contributed by atoms with van der Waals surface area (Å²) in [5, 5.41) is 8.51. The molecule has 0 aliphatic heterocycles. The highest BCUT2D eigenvalue weighted by molar-refractivity contribution is 5.85. The average Bonchev–Trinajstić information content (AvgIpc) is 2.36. The van der Waals surface area contributed by atoms with E-state index in [1.807, 2.05) is 0 Å². The van der Waals surface area contributed by atoms with Gasteiger partial charge in [0.15, 0.2) is 0 Å². The van der Waals surface area contributed by atoms with Crippen molar-refractivity contribution >= 4 is 12.0 Å². The number of aliphatic carboxylic acids is 1. The van der Waals surface area contributed by atoms with Crippen LogP contribution in [0.5, 0.6) is 5.75 Å². The van der Waals surface area contributed by atoms with Gasteiger partial charge in [0.1, 0.15) is 24.8 Å². The molecule has 116 valence electrons. The van der Waals surface area contributed by atoms with Crippen molar-refractivity contribution in [3.63, 3.8) is 0 Å². The van der Waals surface area contributed by atoms with Crippen LogP contribution < -0.4 is 4.74 Å². The largest absolute Gasteiger partial charge is 0.491 e. The van der Waals surface area contributed by atoms with Gasteiger partial charge in [0.25, 0.3) is 0 Å². The second-order valence-corrected chi connectivity index (χ2v) is 3.87. The van der Waals surface area contributed by atoms with Crippen molar-refractivity contribution in [2.45, 2.75) is 6.18 Å². The molecule has 0 atom stereocenters. The summed E-state index contributed by atoms with van der Waals surface area (Å²) in [4.78, 5) is 10.4. The average molecular weight is 308 g/mol. The van der Waals surface area contributed by atoms with Crippen LogP contribution >= 0.6 is 0 Å². The van der Waals surface area contributed by atoms with Crippen molar-refractivity contribution < 1.29 is 36.9 Å². The first-order valence-corrected chi connectivity index (χ1v) is 5.76. The molecule has 0 aliphatic carbocycles. The van der Waals surface area contributed by atoms with E-state index >= 15 is 0 Å². The van der Waals surface area contributed by atoms with Crippen LogP contribution in [0, 0.1) is 5.82 Å². The molecule has 0 aromatic heterocycles. The summed E-state index contributed by atoms with van der Waals surface area (Å²) in [6.07, 6.45) is -2.50. The van der Waals surface area contributed by atoms with E-state index < -0.39 is 24.6 Å². The van der Waals surface area contributed by atoms with Crippen molar-refractivity contribution in [3.8, 4) is 5.75 Å². The van der Waals surface area contributed by atoms with Crippen LogP contribution in [0.2, 0.25) is 0 Å². The Bertz CT molecular complexity index is 511. The maximum absolute atomic E-state index is 13.1. The summed E-state index contributed by atoms with van der Waals surface area (Å²) in [6, 6.07) is 3.38. The van der Waals surface area contributed by atoms with Crippen molar-refractivity contribution in [2.75, 3.05) is 19.8 Å². The third kappa shape index (κ3) is 7.31. The minimum Gasteiger partial charge on any atom is -0.491 e. The zero-order valence-electron chi connectivity index (χ0n) is 10.7. The number of ether oxygens (including phenoxy) is 2. The monoisotopic (exact) mass is 308 g/mol. The predicted octanol–water partition coefficient (Wildman–Crippen LogP) is 2.88. The number of hydrogen-bond acceptors (Lipinski definition) is 3. The van der Waals surface area contributed by atoms with E-state index in [0.717, 1.165) is 24.3 Å². The molecular formula is C13H12F4O4. The number of carbonyl (C=O) groups is 1. The van der Waals surface area contributed by atoms with E-state index in [1.165, 1.54) is 6.07 Å². The Balaban J connectivity index is 2.56. The lowest BCUT2D eigenvalue weighted by atomic mass is 10.2. The van der Waals surface area contributed by atoms with E-state index in [9.17, 15) is 22.4 Å². The molecule has 1 aromatic rings. The summed E-state index contributed by atoms with van der Waals surface area (Å²) >= 11 is 0. The minimum atomic E-state index is -4.41. The molecule has 0 unspecified atom stereocenters. The number of benzene rings is 1. The first kappa shape index (κ1) is 17.0. The molecule has 1 rings (SSSR count). The first-order valence-electron chi connectivity index (χ1n) is 5.76. The quantitative estimate of drug-likeness (QED) is 0.478. The van der Waals surface area contributed by atoms with Gasteiger partial charge in [0, 0.05) is 11.6 Å². The third-order valence-electron chi connectivity index (χ3n) is 2.13. The molecular weight excluding hydrogens is 296 g/mol. The number of halogens is 4. The fraction of sp³-hybridized carbons (Fsp3) is 0.308. The van der Waals surface area contributed by atoms with Crippen molar-refractivity contribution in [3.05, 3.63) is 35.7 Å². The number of rotatable bonds is 7. The molecule has 0 fully saturated rings. The summed E-state index contributed by atoms with van der Waals surface area (Å²) in [6.45, 7) is -1.87. The van der Waals surface area contributed by atoms with E-state index in [1.54, 1.807) is 0 Å². The van der Waals surface area contributed by atoms with Crippen molar-refractivity contribution in [1.29, 1.82) is 0 Å². The van der Waals surface area contributed by atoms with Crippen LogP contribution in [0.25, 0.3) is 6.08 Å². The number of hydrogen-bond donors (Lipinski definition) is 1. The topological polar surface area (TPSA) is 55.8 Å². The molecule has 0 heterocycles. The molecule has 4 nitrogen and oxygen atoms in total. The SMILES string of the molecule is O=C(O)/C=C/c1cc(F)ccc1OCCOCC(F)(F)F. The highest BCUT2D eigenvalue weighted by atomic mass is 19.4. The van der Waals surface area contributed by atoms with Gasteiger partial charge in [-0.2, -0.15) is 13.2 Å². The highest BCUT2D eigenvalue weighted by Crippen LogP contribution is 2.21. The molecule has 0 spiro atoms. The molecule has 0 amide bonds. The molecule has 1 aromatic carbocycles. The van der Waals surface area contributed by atoms with Crippen LogP contribution in [-0.2, 0) is 9.53 Å². The van der Waals surface area contributed by atoms with Crippen molar-refractivity contribution in [2.24, 2.45) is 0 Å². The molecule has 0 saturated carbocycles. The molecule has 0 radical (unpaired) electrons. The van der Waals surface area contributed by atoms with Crippen LogP contribution in [0.15, 0.2) is 24.3 Å². The Hall–Kier alpha value is -2.09. The normalized spacial score (nSPS) is 11.8. The maximum atomic E-state index is 13.1. The fourth-order valence-electron chi connectivity index (χ4n) is 1.34. The van der Waals surface area contributed by atoms with E-state index in [0.29, 0.717) is 0 Å². The van der Waals surface area contributed by atoms with Gasteiger partial charge in [-0.3, -0.25) is 0 Å². The lowest BCUT2D eigenvalue weighted by Gasteiger charge is -2.11. The van der Waals surface area contributed by atoms with Gasteiger partial charge in [0.05, 0.1) is 6.61 Å². The van der Waals surface area contributed by atoms with Gasteiger partial charge in [-0.25, -0.2) is 9.18 Å². The Morgan fingerprint density at radius 1 is 1.29 bits per heavy atom. The maximum Gasteiger partial charge on any atom is 0.411 e. The molecule has 0 saturated heterocycles. The Morgan fingerprint density at radius 2 is 2.00 bits per heavy atom. The predicted molar refractivity (Wildman–Crippen MR) is 65.4 cm³/mol. The zero-order valence-corrected chi connectivity index (χ0v) is 10.7. The van der Waals surface area contributed by atoms with Gasteiger partial charge in [-0.05, 0) is 24.3 Å².